The Morgan fingerprint density at radius 1 is 0.442 bits per heavy atom. The van der Waals surface area contributed by atoms with Gasteiger partial charge in [-0.3, -0.25) is 0 Å². The molecule has 0 aliphatic rings. The first-order valence-electron chi connectivity index (χ1n) is 13.6. The Morgan fingerprint density at radius 3 is 1.23 bits per heavy atom. The summed E-state index contributed by atoms with van der Waals surface area (Å²) in [5, 5.41) is 0. The average Bonchev–Trinajstić information content (AvgIpc) is 3.02. The Morgan fingerprint density at radius 2 is 0.837 bits per heavy atom. The first kappa shape index (κ1) is 27.6. The molecule has 0 aromatic heterocycles. The lowest BCUT2D eigenvalue weighted by Gasteiger charge is -2.13. The fourth-order valence-corrected chi connectivity index (χ4v) is 6.02. The van der Waals surface area contributed by atoms with Crippen molar-refractivity contribution in [2.45, 2.75) is 9.79 Å². The molecule has 0 amide bonds. The summed E-state index contributed by atoms with van der Waals surface area (Å²) >= 11 is 0. The van der Waals surface area contributed by atoms with E-state index in [0.29, 0.717) is 34.4 Å². The number of para-hydroxylation sites is 2. The first-order chi connectivity index (χ1) is 20.9. The molecule has 0 spiro atoms. The molecular weight excluding hydrogens is 556 g/mol. The second kappa shape index (κ2) is 11.8. The van der Waals surface area contributed by atoms with E-state index in [2.05, 4.69) is 0 Å². The maximum Gasteiger partial charge on any atom is 0.206 e. The maximum atomic E-state index is 13.5. The summed E-state index contributed by atoms with van der Waals surface area (Å²) in [6.45, 7) is 0. The molecule has 0 fully saturated rings. The summed E-state index contributed by atoms with van der Waals surface area (Å²) in [6.07, 6.45) is 0. The van der Waals surface area contributed by atoms with E-state index >= 15 is 0 Å². The largest absolute Gasteiger partial charge is 0.457 e. The Bertz CT molecular complexity index is 1860. The third-order valence-corrected chi connectivity index (χ3v) is 8.68. The third kappa shape index (κ3) is 6.07. The molecule has 0 saturated carbocycles. The molecule has 4 N–H and O–H groups in total. The van der Waals surface area contributed by atoms with E-state index < -0.39 is 9.84 Å². The van der Waals surface area contributed by atoms with Crippen LogP contribution in [0.3, 0.4) is 0 Å². The molecule has 6 aromatic carbocycles. The van der Waals surface area contributed by atoms with Gasteiger partial charge in [0, 0.05) is 34.6 Å². The highest BCUT2D eigenvalue weighted by molar-refractivity contribution is 7.91. The predicted molar refractivity (Wildman–Crippen MR) is 171 cm³/mol. The van der Waals surface area contributed by atoms with Gasteiger partial charge in [-0.1, -0.05) is 72.8 Å². The summed E-state index contributed by atoms with van der Waals surface area (Å²) in [6, 6.07) is 43.2. The topological polar surface area (TPSA) is 105 Å². The maximum absolute atomic E-state index is 13.5. The van der Waals surface area contributed by atoms with Crippen LogP contribution in [-0.2, 0) is 9.84 Å². The molecule has 0 radical (unpaired) electrons. The van der Waals surface area contributed by atoms with E-state index in [4.69, 9.17) is 20.9 Å². The molecular formula is C36H28N2O4S. The number of benzene rings is 6. The minimum atomic E-state index is -3.75. The van der Waals surface area contributed by atoms with Crippen molar-refractivity contribution in [1.82, 2.24) is 0 Å². The molecule has 0 unspecified atom stereocenters. The van der Waals surface area contributed by atoms with Crippen molar-refractivity contribution in [3.05, 3.63) is 146 Å². The number of ether oxygens (including phenoxy) is 2. The van der Waals surface area contributed by atoms with Crippen molar-refractivity contribution in [3.63, 3.8) is 0 Å². The van der Waals surface area contributed by atoms with Crippen molar-refractivity contribution in [2.75, 3.05) is 11.5 Å². The van der Waals surface area contributed by atoms with Crippen molar-refractivity contribution in [2.24, 2.45) is 0 Å². The lowest BCUT2D eigenvalue weighted by molar-refractivity contribution is 0.484. The number of nitrogen functional groups attached to an aromatic ring is 2. The molecule has 7 heteroatoms. The van der Waals surface area contributed by atoms with Crippen LogP contribution >= 0.6 is 0 Å². The number of rotatable bonds is 8. The standard InChI is InChI=1S/C36H28N2O4S/c37-27-7-5-9-29(23-27)41-35-13-3-1-11-33(35)25-15-19-31(20-16-25)43(39,40)32-21-17-26(18-22-32)34-12-2-4-14-36(34)42-30-10-6-8-28(38)24-30/h1-24H,37-38H2. The molecule has 6 nitrogen and oxygen atoms in total. The number of nitrogens with two attached hydrogens (primary N) is 2. The zero-order chi connectivity index (χ0) is 29.8. The zero-order valence-electron chi connectivity index (χ0n) is 23.1. The van der Waals surface area contributed by atoms with Gasteiger partial charge in [-0.2, -0.15) is 0 Å². The van der Waals surface area contributed by atoms with Gasteiger partial charge in [0.15, 0.2) is 0 Å². The second-order valence-electron chi connectivity index (χ2n) is 9.89. The lowest BCUT2D eigenvalue weighted by Crippen LogP contribution is -2.02. The molecule has 6 rings (SSSR count). The molecule has 0 aliphatic heterocycles. The van der Waals surface area contributed by atoms with Gasteiger partial charge in [-0.25, -0.2) is 8.42 Å². The van der Waals surface area contributed by atoms with Crippen LogP contribution in [0.5, 0.6) is 23.0 Å². The van der Waals surface area contributed by atoms with Crippen LogP contribution in [0.2, 0.25) is 0 Å². The van der Waals surface area contributed by atoms with Crippen LogP contribution in [0.15, 0.2) is 155 Å². The van der Waals surface area contributed by atoms with Gasteiger partial charge in [-0.05, 0) is 71.8 Å². The molecule has 0 heterocycles. The van der Waals surface area contributed by atoms with E-state index in [0.717, 1.165) is 22.3 Å². The molecule has 212 valence electrons. The fourth-order valence-electron chi connectivity index (χ4n) is 4.76. The molecule has 43 heavy (non-hydrogen) atoms. The van der Waals surface area contributed by atoms with Gasteiger partial charge in [-0.15, -0.1) is 0 Å². The molecule has 0 atom stereocenters. The number of hydrogen-bond acceptors (Lipinski definition) is 6. The number of sulfone groups is 1. The Kier molecular flexibility index (Phi) is 7.56. The Labute approximate surface area is 250 Å². The van der Waals surface area contributed by atoms with Crippen LogP contribution in [0.4, 0.5) is 11.4 Å². The number of anilines is 2. The van der Waals surface area contributed by atoms with Gasteiger partial charge >= 0.3 is 0 Å². The summed E-state index contributed by atoms with van der Waals surface area (Å²) < 4.78 is 39.3. The minimum absolute atomic E-state index is 0.198. The van der Waals surface area contributed by atoms with Crippen molar-refractivity contribution >= 4 is 21.2 Å². The summed E-state index contributed by atoms with van der Waals surface area (Å²) in [4.78, 5) is 0.396. The van der Waals surface area contributed by atoms with Crippen LogP contribution in [0.25, 0.3) is 22.3 Å². The van der Waals surface area contributed by atoms with E-state index in [9.17, 15) is 8.42 Å². The Balaban J connectivity index is 1.24. The van der Waals surface area contributed by atoms with Gasteiger partial charge in [0.05, 0.1) is 9.79 Å². The fraction of sp³-hybridized carbons (Fsp3) is 0. The van der Waals surface area contributed by atoms with Gasteiger partial charge in [0.1, 0.15) is 23.0 Å². The molecule has 0 aliphatic carbocycles. The quantitative estimate of drug-likeness (QED) is 0.174. The van der Waals surface area contributed by atoms with Crippen LogP contribution < -0.4 is 20.9 Å². The normalized spacial score (nSPS) is 11.2. The second-order valence-corrected chi connectivity index (χ2v) is 11.8. The average molecular weight is 585 g/mol. The first-order valence-corrected chi connectivity index (χ1v) is 15.1. The van der Waals surface area contributed by atoms with Crippen LogP contribution in [0, 0.1) is 0 Å². The highest BCUT2D eigenvalue weighted by Gasteiger charge is 2.19. The van der Waals surface area contributed by atoms with E-state index in [1.807, 2.05) is 72.8 Å². The SMILES string of the molecule is Nc1cccc(Oc2ccccc2-c2ccc(S(=O)(=O)c3ccc(-c4ccccc4Oc4cccc(N)c4)cc3)cc2)c1. The van der Waals surface area contributed by atoms with Crippen molar-refractivity contribution in [3.8, 4) is 45.3 Å². The monoisotopic (exact) mass is 584 g/mol. The Hall–Kier alpha value is -5.53. The van der Waals surface area contributed by atoms with Gasteiger partial charge < -0.3 is 20.9 Å². The lowest BCUT2D eigenvalue weighted by atomic mass is 10.0. The van der Waals surface area contributed by atoms with Crippen LogP contribution in [-0.4, -0.2) is 8.42 Å². The number of hydrogen-bond donors (Lipinski definition) is 2. The van der Waals surface area contributed by atoms with Crippen LogP contribution in [0.1, 0.15) is 0 Å². The summed E-state index contributed by atoms with van der Waals surface area (Å²) in [5.41, 5.74) is 16.3. The van der Waals surface area contributed by atoms with E-state index in [1.165, 1.54) is 0 Å². The van der Waals surface area contributed by atoms with Gasteiger partial charge in [0.25, 0.3) is 0 Å². The summed E-state index contributed by atoms with van der Waals surface area (Å²) in [5.74, 6) is 2.52. The highest BCUT2D eigenvalue weighted by Crippen LogP contribution is 2.36. The van der Waals surface area contributed by atoms with E-state index in [-0.39, 0.29) is 9.79 Å². The third-order valence-electron chi connectivity index (χ3n) is 6.90. The highest BCUT2D eigenvalue weighted by atomic mass is 32.2. The van der Waals surface area contributed by atoms with Crippen molar-refractivity contribution in [1.29, 1.82) is 0 Å². The van der Waals surface area contributed by atoms with Gasteiger partial charge in [0.2, 0.25) is 9.84 Å². The smallest absolute Gasteiger partial charge is 0.206 e. The molecule has 0 saturated heterocycles. The zero-order valence-corrected chi connectivity index (χ0v) is 23.9. The van der Waals surface area contributed by atoms with E-state index in [1.54, 1.807) is 72.8 Å². The molecule has 6 aromatic rings. The molecule has 0 bridgehead atoms. The van der Waals surface area contributed by atoms with Crippen molar-refractivity contribution < 1.29 is 17.9 Å². The minimum Gasteiger partial charge on any atom is -0.457 e. The predicted octanol–water partition coefficient (Wildman–Crippen LogP) is 8.60. The summed E-state index contributed by atoms with van der Waals surface area (Å²) in [7, 11) is -3.75.